The second-order valence-electron chi connectivity index (χ2n) is 8.26. The second-order valence-corrected chi connectivity index (χ2v) is 11.4. The van der Waals surface area contributed by atoms with Crippen molar-refractivity contribution in [2.45, 2.75) is 19.5 Å². The molecule has 0 bridgehead atoms. The fraction of sp³-hybridized carbons (Fsp3) is 0.167. The van der Waals surface area contributed by atoms with Gasteiger partial charge < -0.3 is 19.4 Å². The summed E-state index contributed by atoms with van der Waals surface area (Å²) in [5, 5.41) is 7.63. The summed E-state index contributed by atoms with van der Waals surface area (Å²) >= 11 is 6.79. The van der Waals surface area contributed by atoms with Gasteiger partial charge in [-0.1, -0.05) is 29.0 Å². The second kappa shape index (κ2) is 11.3. The highest BCUT2D eigenvalue weighted by atomic mass is 35.5. The molecule has 0 saturated carbocycles. The molecule has 0 aliphatic heterocycles. The molecule has 40 heavy (non-hydrogen) atoms. The molecule has 3 heterocycles. The van der Waals surface area contributed by atoms with Crippen LogP contribution in [0.5, 0.6) is 11.5 Å². The molecule has 0 atom stereocenters. The zero-order chi connectivity index (χ0) is 28.3. The highest BCUT2D eigenvalue weighted by molar-refractivity contribution is 7.91. The maximum atomic E-state index is 12.9. The molecule has 0 amide bonds. The molecular weight excluding hydrogens is 593 g/mol. The number of hydrogen-bond donors (Lipinski definition) is 2. The Hall–Kier alpha value is -3.95. The van der Waals surface area contributed by atoms with Crippen LogP contribution in [0.3, 0.4) is 0 Å². The van der Waals surface area contributed by atoms with Crippen LogP contribution in [0.2, 0.25) is 4.34 Å². The van der Waals surface area contributed by atoms with Crippen molar-refractivity contribution in [2.24, 2.45) is 0 Å². The molecule has 0 radical (unpaired) electrons. The van der Waals surface area contributed by atoms with E-state index < -0.39 is 16.6 Å². The summed E-state index contributed by atoms with van der Waals surface area (Å²) in [7, 11) is -4.15. The van der Waals surface area contributed by atoms with Crippen LogP contribution in [0, 0.1) is 0 Å². The van der Waals surface area contributed by atoms with Gasteiger partial charge in [-0.15, -0.1) is 17.3 Å². The van der Waals surface area contributed by atoms with Crippen LogP contribution in [0.15, 0.2) is 73.3 Å². The SMILES string of the molecule is O=S(=O)(Nc1ncc(Cl)s1)n1ncc2c(OCc3ccc(OC(F)(F)F)cc3NCCn3cccc3)cccc21. The number of anilines is 2. The van der Waals surface area contributed by atoms with E-state index in [1.807, 2.05) is 29.1 Å². The first-order chi connectivity index (χ1) is 19.1. The summed E-state index contributed by atoms with van der Waals surface area (Å²) in [6, 6.07) is 12.5. The summed E-state index contributed by atoms with van der Waals surface area (Å²) in [4.78, 5) is 3.89. The number of benzene rings is 2. The Balaban J connectivity index is 1.36. The Labute approximate surface area is 235 Å². The lowest BCUT2D eigenvalue weighted by molar-refractivity contribution is -0.274. The minimum atomic E-state index is -4.84. The van der Waals surface area contributed by atoms with Crippen molar-refractivity contribution in [3.8, 4) is 11.5 Å². The predicted molar refractivity (Wildman–Crippen MR) is 145 cm³/mol. The summed E-state index contributed by atoms with van der Waals surface area (Å²) in [6.07, 6.45) is 1.57. The van der Waals surface area contributed by atoms with Crippen molar-refractivity contribution in [3.05, 3.63) is 83.2 Å². The van der Waals surface area contributed by atoms with E-state index in [1.165, 1.54) is 30.6 Å². The highest BCUT2D eigenvalue weighted by Crippen LogP contribution is 2.31. The van der Waals surface area contributed by atoms with Gasteiger partial charge in [0, 0.05) is 42.8 Å². The number of nitrogens with zero attached hydrogens (tertiary/aromatic N) is 4. The predicted octanol–water partition coefficient (Wildman–Crippen LogP) is 5.74. The maximum absolute atomic E-state index is 12.9. The van der Waals surface area contributed by atoms with E-state index >= 15 is 0 Å². The van der Waals surface area contributed by atoms with Crippen molar-refractivity contribution in [2.75, 3.05) is 16.6 Å². The van der Waals surface area contributed by atoms with E-state index in [9.17, 15) is 21.6 Å². The fourth-order valence-electron chi connectivity index (χ4n) is 3.81. The van der Waals surface area contributed by atoms with Crippen LogP contribution in [-0.4, -0.2) is 40.1 Å². The minimum Gasteiger partial charge on any atom is -0.488 e. The average molecular weight is 613 g/mol. The van der Waals surface area contributed by atoms with Crippen molar-refractivity contribution in [1.82, 2.24) is 18.7 Å². The molecular formula is C24H20ClF3N6O4S2. The van der Waals surface area contributed by atoms with Gasteiger partial charge in [-0.2, -0.15) is 13.5 Å². The van der Waals surface area contributed by atoms with Crippen molar-refractivity contribution in [1.29, 1.82) is 0 Å². The number of rotatable bonds is 11. The van der Waals surface area contributed by atoms with E-state index in [2.05, 4.69) is 24.9 Å². The summed E-state index contributed by atoms with van der Waals surface area (Å²) in [6.45, 7) is 0.964. The molecule has 5 aromatic rings. The lowest BCUT2D eigenvalue weighted by Gasteiger charge is -2.16. The molecule has 5 rings (SSSR count). The molecule has 0 aliphatic rings. The summed E-state index contributed by atoms with van der Waals surface area (Å²) < 4.78 is 79.7. The molecule has 0 fully saturated rings. The van der Waals surface area contributed by atoms with Gasteiger partial charge in [0.1, 0.15) is 22.4 Å². The number of hydrogen-bond acceptors (Lipinski definition) is 8. The lowest BCUT2D eigenvalue weighted by Crippen LogP contribution is -2.22. The van der Waals surface area contributed by atoms with E-state index in [0.717, 1.165) is 15.4 Å². The Kier molecular flexibility index (Phi) is 7.78. The quantitative estimate of drug-likeness (QED) is 0.196. The Morgan fingerprint density at radius 1 is 1.07 bits per heavy atom. The van der Waals surface area contributed by atoms with Gasteiger partial charge in [0.05, 0.1) is 23.3 Å². The summed E-state index contributed by atoms with van der Waals surface area (Å²) in [5.74, 6) is -0.0486. The van der Waals surface area contributed by atoms with Crippen LogP contribution in [0.1, 0.15) is 5.56 Å². The topological polar surface area (TPSA) is 112 Å². The van der Waals surface area contributed by atoms with Crippen LogP contribution in [0.25, 0.3) is 10.9 Å². The molecule has 0 unspecified atom stereocenters. The average Bonchev–Trinajstić information content (AvgIpc) is 3.64. The van der Waals surface area contributed by atoms with Gasteiger partial charge >= 0.3 is 16.6 Å². The molecule has 2 N–H and O–H groups in total. The largest absolute Gasteiger partial charge is 0.573 e. The van der Waals surface area contributed by atoms with Crippen molar-refractivity contribution in [3.63, 3.8) is 0 Å². The third-order valence-corrected chi connectivity index (χ3v) is 7.87. The van der Waals surface area contributed by atoms with Gasteiger partial charge in [0.15, 0.2) is 5.13 Å². The van der Waals surface area contributed by atoms with Crippen LogP contribution in [-0.2, 0) is 23.4 Å². The lowest BCUT2D eigenvalue weighted by atomic mass is 10.1. The molecule has 16 heteroatoms. The minimum absolute atomic E-state index is 0.0366. The molecule has 2 aromatic carbocycles. The van der Waals surface area contributed by atoms with E-state index in [4.69, 9.17) is 16.3 Å². The zero-order valence-corrected chi connectivity index (χ0v) is 22.7. The van der Waals surface area contributed by atoms with E-state index in [1.54, 1.807) is 18.2 Å². The maximum Gasteiger partial charge on any atom is 0.573 e. The normalized spacial score (nSPS) is 12.0. The monoisotopic (exact) mass is 612 g/mol. The zero-order valence-electron chi connectivity index (χ0n) is 20.3. The number of thiazole rings is 1. The van der Waals surface area contributed by atoms with Gasteiger partial charge in [0.25, 0.3) is 0 Å². The smallest absolute Gasteiger partial charge is 0.488 e. The fourth-order valence-corrected chi connectivity index (χ4v) is 5.91. The molecule has 0 saturated heterocycles. The third kappa shape index (κ3) is 6.60. The van der Waals surface area contributed by atoms with Crippen LogP contribution >= 0.6 is 22.9 Å². The molecule has 0 aliphatic carbocycles. The number of fused-ring (bicyclic) bond motifs is 1. The molecule has 3 aromatic heterocycles. The van der Waals surface area contributed by atoms with Gasteiger partial charge in [-0.3, -0.25) is 0 Å². The van der Waals surface area contributed by atoms with Gasteiger partial charge in [0.2, 0.25) is 0 Å². The van der Waals surface area contributed by atoms with E-state index in [-0.39, 0.29) is 23.0 Å². The first-order valence-electron chi connectivity index (χ1n) is 11.5. The van der Waals surface area contributed by atoms with Crippen LogP contribution < -0.4 is 19.5 Å². The molecule has 210 valence electrons. The molecule has 0 spiro atoms. The Bertz CT molecular complexity index is 1720. The number of halogens is 4. The number of ether oxygens (including phenoxy) is 2. The van der Waals surface area contributed by atoms with E-state index in [0.29, 0.717) is 39.8 Å². The van der Waals surface area contributed by atoms with Gasteiger partial charge in [-0.05, 0) is 36.4 Å². The Morgan fingerprint density at radius 2 is 1.88 bits per heavy atom. The first kappa shape index (κ1) is 27.6. The van der Waals surface area contributed by atoms with Crippen molar-refractivity contribution >= 4 is 54.9 Å². The molecule has 10 nitrogen and oxygen atoms in total. The number of alkyl halides is 3. The standard InChI is InChI=1S/C24H20ClF3N6O4S2/c25-22-14-30-23(39-22)32-40(35,36)34-20-4-3-5-21(18(20)13-31-34)37-15-16-6-7-17(38-24(26,27)28)12-19(16)29-8-11-33-9-1-2-10-33/h1-7,9-10,12-14,29H,8,11,15H2,(H,30,32). The Morgan fingerprint density at radius 3 is 2.60 bits per heavy atom. The van der Waals surface area contributed by atoms with Crippen molar-refractivity contribution < 1.29 is 31.1 Å². The number of aromatic nitrogens is 4. The third-order valence-electron chi connectivity index (χ3n) is 5.51. The van der Waals surface area contributed by atoms with Gasteiger partial charge in [-0.25, -0.2) is 9.71 Å². The highest BCUT2D eigenvalue weighted by Gasteiger charge is 2.31. The first-order valence-corrected chi connectivity index (χ1v) is 14.2. The number of nitrogens with one attached hydrogen (secondary N) is 2. The summed E-state index contributed by atoms with van der Waals surface area (Å²) in [5.41, 5.74) is 1.19. The van der Waals surface area contributed by atoms with Crippen LogP contribution in [0.4, 0.5) is 24.0 Å².